The molecule has 0 radical (unpaired) electrons. The molecule has 1 N–H and O–H groups in total. The highest BCUT2D eigenvalue weighted by Crippen LogP contribution is 2.25. The van der Waals surface area contributed by atoms with Gasteiger partial charge < -0.3 is 10.2 Å². The number of amides is 2. The molecule has 0 spiro atoms. The van der Waals surface area contributed by atoms with Crippen LogP contribution >= 0.6 is 15.9 Å². The highest BCUT2D eigenvalue weighted by atomic mass is 79.9. The first-order valence-electron chi connectivity index (χ1n) is 7.83. The SMILES string of the molecule is CC(=O)N(CCNC(=O)Cc1ccccc1C)c1ccccc1Br. The monoisotopic (exact) mass is 388 g/mol. The zero-order valence-corrected chi connectivity index (χ0v) is 15.5. The van der Waals surface area contributed by atoms with Crippen molar-refractivity contribution in [3.05, 3.63) is 64.1 Å². The maximum atomic E-state index is 12.1. The standard InChI is InChI=1S/C19H21BrN2O2/c1-14-7-3-4-8-16(14)13-19(24)21-11-12-22(15(2)23)18-10-6-5-9-17(18)20/h3-10H,11-13H2,1-2H3,(H,21,24). The van der Waals surface area contributed by atoms with E-state index in [9.17, 15) is 9.59 Å². The first kappa shape index (κ1) is 18.2. The Kier molecular flexibility index (Phi) is 6.55. The molecule has 24 heavy (non-hydrogen) atoms. The topological polar surface area (TPSA) is 49.4 Å². The van der Waals surface area contributed by atoms with Crippen LogP contribution in [0.5, 0.6) is 0 Å². The second-order valence-electron chi connectivity index (χ2n) is 5.58. The Balaban J connectivity index is 1.92. The van der Waals surface area contributed by atoms with Gasteiger partial charge in [0.25, 0.3) is 0 Å². The molecule has 4 nitrogen and oxygen atoms in total. The average molecular weight is 389 g/mol. The zero-order chi connectivity index (χ0) is 17.5. The fourth-order valence-electron chi connectivity index (χ4n) is 2.47. The number of nitrogens with zero attached hydrogens (tertiary/aromatic N) is 1. The van der Waals surface area contributed by atoms with E-state index in [1.165, 1.54) is 6.92 Å². The summed E-state index contributed by atoms with van der Waals surface area (Å²) in [5.41, 5.74) is 2.92. The van der Waals surface area contributed by atoms with Gasteiger partial charge in [-0.05, 0) is 46.1 Å². The van der Waals surface area contributed by atoms with Crippen LogP contribution in [0.1, 0.15) is 18.1 Å². The second-order valence-corrected chi connectivity index (χ2v) is 6.43. The molecule has 0 bridgehead atoms. The summed E-state index contributed by atoms with van der Waals surface area (Å²) in [6.45, 7) is 4.35. The van der Waals surface area contributed by atoms with Crippen molar-refractivity contribution >= 4 is 33.4 Å². The minimum atomic E-state index is -0.0601. The molecular weight excluding hydrogens is 368 g/mol. The molecule has 2 amide bonds. The van der Waals surface area contributed by atoms with Crippen LogP contribution in [0.3, 0.4) is 0 Å². The Morgan fingerprint density at radius 2 is 1.75 bits per heavy atom. The second kappa shape index (κ2) is 8.64. The third-order valence-electron chi connectivity index (χ3n) is 3.79. The van der Waals surface area contributed by atoms with E-state index in [-0.39, 0.29) is 11.8 Å². The van der Waals surface area contributed by atoms with Crippen molar-refractivity contribution in [1.82, 2.24) is 5.32 Å². The number of anilines is 1. The van der Waals surface area contributed by atoms with Crippen molar-refractivity contribution in [2.45, 2.75) is 20.3 Å². The summed E-state index contributed by atoms with van der Waals surface area (Å²) >= 11 is 3.46. The average Bonchev–Trinajstić information content (AvgIpc) is 2.54. The van der Waals surface area contributed by atoms with Gasteiger partial charge in [-0.3, -0.25) is 9.59 Å². The van der Waals surface area contributed by atoms with Gasteiger partial charge in [-0.25, -0.2) is 0 Å². The number of hydrogen-bond acceptors (Lipinski definition) is 2. The largest absolute Gasteiger partial charge is 0.354 e. The number of benzene rings is 2. The molecule has 0 aliphatic carbocycles. The number of rotatable bonds is 6. The van der Waals surface area contributed by atoms with E-state index < -0.39 is 0 Å². The highest BCUT2D eigenvalue weighted by Gasteiger charge is 2.14. The third kappa shape index (κ3) is 4.93. The molecule has 2 aromatic rings. The molecule has 2 aromatic carbocycles. The number of carbonyl (C=O) groups excluding carboxylic acids is 2. The van der Waals surface area contributed by atoms with Crippen LogP contribution in [0.4, 0.5) is 5.69 Å². The molecule has 0 saturated heterocycles. The number of hydrogen-bond donors (Lipinski definition) is 1. The van der Waals surface area contributed by atoms with Crippen molar-refractivity contribution in [3.8, 4) is 0 Å². The number of para-hydroxylation sites is 1. The van der Waals surface area contributed by atoms with Crippen LogP contribution < -0.4 is 10.2 Å². The summed E-state index contributed by atoms with van der Waals surface area (Å²) in [4.78, 5) is 25.6. The van der Waals surface area contributed by atoms with E-state index in [2.05, 4.69) is 21.2 Å². The van der Waals surface area contributed by atoms with E-state index in [1.807, 2.05) is 55.5 Å². The quantitative estimate of drug-likeness (QED) is 0.823. The summed E-state index contributed by atoms with van der Waals surface area (Å²) in [5.74, 6) is -0.102. The maximum Gasteiger partial charge on any atom is 0.224 e. The Morgan fingerprint density at radius 1 is 1.08 bits per heavy atom. The van der Waals surface area contributed by atoms with Crippen LogP contribution in [-0.4, -0.2) is 24.9 Å². The van der Waals surface area contributed by atoms with Gasteiger partial charge in [-0.2, -0.15) is 0 Å². The van der Waals surface area contributed by atoms with Gasteiger partial charge in [0.15, 0.2) is 0 Å². The van der Waals surface area contributed by atoms with E-state index in [0.717, 1.165) is 21.3 Å². The lowest BCUT2D eigenvalue weighted by Crippen LogP contribution is -2.38. The molecule has 5 heteroatoms. The van der Waals surface area contributed by atoms with Crippen LogP contribution in [-0.2, 0) is 16.0 Å². The molecule has 0 aromatic heterocycles. The Labute approximate surface area is 151 Å². The summed E-state index contributed by atoms with van der Waals surface area (Å²) in [6, 6.07) is 15.4. The van der Waals surface area contributed by atoms with Crippen LogP contribution in [0, 0.1) is 6.92 Å². The van der Waals surface area contributed by atoms with E-state index >= 15 is 0 Å². The number of aryl methyl sites for hydroxylation is 1. The lowest BCUT2D eigenvalue weighted by atomic mass is 10.1. The fourth-order valence-corrected chi connectivity index (χ4v) is 2.97. The first-order valence-corrected chi connectivity index (χ1v) is 8.62. The van der Waals surface area contributed by atoms with Crippen LogP contribution in [0.25, 0.3) is 0 Å². The molecule has 2 rings (SSSR count). The minimum Gasteiger partial charge on any atom is -0.354 e. The number of nitrogens with one attached hydrogen (secondary N) is 1. The fraction of sp³-hybridized carbons (Fsp3) is 0.263. The number of carbonyl (C=O) groups is 2. The van der Waals surface area contributed by atoms with Crippen LogP contribution in [0.2, 0.25) is 0 Å². The van der Waals surface area contributed by atoms with Gasteiger partial charge in [0.05, 0.1) is 12.1 Å². The lowest BCUT2D eigenvalue weighted by molar-refractivity contribution is -0.121. The molecule has 0 fully saturated rings. The summed E-state index contributed by atoms with van der Waals surface area (Å²) in [6.07, 6.45) is 0.349. The van der Waals surface area contributed by atoms with Crippen molar-refractivity contribution in [2.24, 2.45) is 0 Å². The van der Waals surface area contributed by atoms with Gasteiger partial charge in [0, 0.05) is 24.5 Å². The van der Waals surface area contributed by atoms with E-state index in [4.69, 9.17) is 0 Å². The lowest BCUT2D eigenvalue weighted by Gasteiger charge is -2.22. The predicted molar refractivity (Wildman–Crippen MR) is 100 cm³/mol. The molecule has 0 aliphatic heterocycles. The van der Waals surface area contributed by atoms with Crippen LogP contribution in [0.15, 0.2) is 53.0 Å². The molecule has 0 saturated carbocycles. The summed E-state index contributed by atoms with van der Waals surface area (Å²) in [5, 5.41) is 2.88. The summed E-state index contributed by atoms with van der Waals surface area (Å²) in [7, 11) is 0. The Hall–Kier alpha value is -2.14. The van der Waals surface area contributed by atoms with E-state index in [1.54, 1.807) is 4.90 Å². The Bertz CT molecular complexity index is 731. The maximum absolute atomic E-state index is 12.1. The van der Waals surface area contributed by atoms with Crippen molar-refractivity contribution in [1.29, 1.82) is 0 Å². The number of halogens is 1. The molecule has 0 heterocycles. The summed E-state index contributed by atoms with van der Waals surface area (Å²) < 4.78 is 0.853. The van der Waals surface area contributed by atoms with Gasteiger partial charge in [-0.15, -0.1) is 0 Å². The zero-order valence-electron chi connectivity index (χ0n) is 13.9. The van der Waals surface area contributed by atoms with Crippen molar-refractivity contribution in [2.75, 3.05) is 18.0 Å². The molecule has 0 atom stereocenters. The predicted octanol–water partition coefficient (Wildman–Crippen LogP) is 3.47. The molecular formula is C19H21BrN2O2. The van der Waals surface area contributed by atoms with Crippen molar-refractivity contribution < 1.29 is 9.59 Å². The normalized spacial score (nSPS) is 10.3. The third-order valence-corrected chi connectivity index (χ3v) is 4.46. The van der Waals surface area contributed by atoms with Gasteiger partial charge >= 0.3 is 0 Å². The molecule has 0 unspecified atom stereocenters. The van der Waals surface area contributed by atoms with Crippen molar-refractivity contribution in [3.63, 3.8) is 0 Å². The Morgan fingerprint density at radius 3 is 2.42 bits per heavy atom. The van der Waals surface area contributed by atoms with Gasteiger partial charge in [-0.1, -0.05) is 36.4 Å². The van der Waals surface area contributed by atoms with Gasteiger partial charge in [0.2, 0.25) is 11.8 Å². The first-order chi connectivity index (χ1) is 11.5. The van der Waals surface area contributed by atoms with Gasteiger partial charge in [0.1, 0.15) is 0 Å². The minimum absolute atomic E-state index is 0.0417. The smallest absolute Gasteiger partial charge is 0.224 e. The molecule has 126 valence electrons. The molecule has 0 aliphatic rings. The van der Waals surface area contributed by atoms with E-state index in [0.29, 0.717) is 19.5 Å². The highest BCUT2D eigenvalue weighted by molar-refractivity contribution is 9.10.